The van der Waals surface area contributed by atoms with Crippen LogP contribution < -0.4 is 10.2 Å². The van der Waals surface area contributed by atoms with Crippen LogP contribution in [0.2, 0.25) is 0 Å². The smallest absolute Gasteiger partial charge is 0.221 e. The third-order valence-corrected chi connectivity index (χ3v) is 5.85. The Labute approximate surface area is 133 Å². The van der Waals surface area contributed by atoms with Gasteiger partial charge in [0, 0.05) is 30.9 Å². The average Bonchev–Trinajstić information content (AvgIpc) is 2.73. The molecule has 1 fully saturated rings. The topological polar surface area (TPSA) is 58.1 Å². The highest BCUT2D eigenvalue weighted by atomic mass is 32.1. The molecule has 1 atom stereocenters. The molecule has 0 saturated carbocycles. The molecule has 5 nitrogen and oxygen atoms in total. The second-order valence-corrected chi connectivity index (χ2v) is 7.40. The third kappa shape index (κ3) is 2.35. The molecule has 1 N–H and O–H groups in total. The maximum absolute atomic E-state index is 11.6. The van der Waals surface area contributed by atoms with E-state index in [0.717, 1.165) is 42.5 Å². The summed E-state index contributed by atoms with van der Waals surface area (Å²) in [6.45, 7) is 4.57. The van der Waals surface area contributed by atoms with E-state index in [4.69, 9.17) is 0 Å². The van der Waals surface area contributed by atoms with Crippen LogP contribution in [0.25, 0.3) is 10.2 Å². The number of anilines is 1. The van der Waals surface area contributed by atoms with Crippen LogP contribution in [0.4, 0.5) is 5.82 Å². The fourth-order valence-electron chi connectivity index (χ4n) is 3.48. The van der Waals surface area contributed by atoms with Crippen LogP contribution in [-0.4, -0.2) is 35.5 Å². The largest absolute Gasteiger partial charge is 0.354 e. The average molecular weight is 316 g/mol. The number of aromatic nitrogens is 2. The zero-order valence-electron chi connectivity index (χ0n) is 12.8. The maximum atomic E-state index is 11.6. The summed E-state index contributed by atoms with van der Waals surface area (Å²) in [6, 6.07) is 0. The molecule has 0 bridgehead atoms. The number of hydrogen-bond donors (Lipinski definition) is 1. The second kappa shape index (κ2) is 5.50. The minimum Gasteiger partial charge on any atom is -0.354 e. The molecule has 22 heavy (non-hydrogen) atoms. The Balaban J connectivity index is 1.79. The standard InChI is InChI=1S/C16H20N4OS/c1-10-2-3-11-12(8-10)22-16-14(11)15(18-9-19-16)20-6-4-13(21)17-5-7-20/h9-10H,2-8H2,1H3,(H,17,21). The van der Waals surface area contributed by atoms with Gasteiger partial charge in [-0.2, -0.15) is 0 Å². The van der Waals surface area contributed by atoms with Gasteiger partial charge in [0.25, 0.3) is 0 Å². The van der Waals surface area contributed by atoms with Crippen molar-refractivity contribution in [1.29, 1.82) is 0 Å². The Morgan fingerprint density at radius 1 is 1.32 bits per heavy atom. The van der Waals surface area contributed by atoms with Gasteiger partial charge in [0.2, 0.25) is 5.91 Å². The van der Waals surface area contributed by atoms with E-state index in [2.05, 4.69) is 27.1 Å². The first-order valence-electron chi connectivity index (χ1n) is 7.99. The van der Waals surface area contributed by atoms with E-state index in [-0.39, 0.29) is 5.91 Å². The summed E-state index contributed by atoms with van der Waals surface area (Å²) in [5, 5.41) is 4.17. The van der Waals surface area contributed by atoms with E-state index < -0.39 is 0 Å². The molecule has 2 aromatic heterocycles. The fourth-order valence-corrected chi connectivity index (χ4v) is 4.82. The molecular formula is C16H20N4OS. The molecule has 116 valence electrons. The molecular weight excluding hydrogens is 296 g/mol. The van der Waals surface area contributed by atoms with E-state index in [0.29, 0.717) is 13.0 Å². The molecule has 2 aromatic rings. The summed E-state index contributed by atoms with van der Waals surface area (Å²) in [5.74, 6) is 1.92. The fraction of sp³-hybridized carbons (Fsp3) is 0.562. The van der Waals surface area contributed by atoms with E-state index in [1.165, 1.54) is 22.2 Å². The minimum absolute atomic E-state index is 0.133. The van der Waals surface area contributed by atoms with E-state index in [1.807, 2.05) is 11.3 Å². The molecule has 1 saturated heterocycles. The lowest BCUT2D eigenvalue weighted by Gasteiger charge is -2.23. The Morgan fingerprint density at radius 3 is 3.14 bits per heavy atom. The molecule has 6 heteroatoms. The lowest BCUT2D eigenvalue weighted by atomic mass is 9.89. The van der Waals surface area contributed by atoms with Gasteiger partial charge in [-0.15, -0.1) is 11.3 Å². The van der Waals surface area contributed by atoms with Crippen LogP contribution in [-0.2, 0) is 17.6 Å². The van der Waals surface area contributed by atoms with E-state index in [1.54, 1.807) is 6.33 Å². The van der Waals surface area contributed by atoms with Gasteiger partial charge < -0.3 is 10.2 Å². The first-order valence-corrected chi connectivity index (χ1v) is 8.81. The van der Waals surface area contributed by atoms with Crippen molar-refractivity contribution in [2.24, 2.45) is 5.92 Å². The van der Waals surface area contributed by atoms with Crippen molar-refractivity contribution in [1.82, 2.24) is 15.3 Å². The Hall–Kier alpha value is -1.69. The molecule has 1 amide bonds. The van der Waals surface area contributed by atoms with Gasteiger partial charge in [-0.05, 0) is 30.7 Å². The predicted molar refractivity (Wildman–Crippen MR) is 88.4 cm³/mol. The van der Waals surface area contributed by atoms with E-state index >= 15 is 0 Å². The number of thiophene rings is 1. The number of fused-ring (bicyclic) bond motifs is 3. The number of nitrogens with zero attached hydrogens (tertiary/aromatic N) is 3. The molecule has 1 aliphatic heterocycles. The van der Waals surface area contributed by atoms with Crippen molar-refractivity contribution >= 4 is 33.3 Å². The highest BCUT2D eigenvalue weighted by Gasteiger charge is 2.25. The first-order chi connectivity index (χ1) is 10.7. The van der Waals surface area contributed by atoms with Crippen LogP contribution in [0, 0.1) is 5.92 Å². The highest BCUT2D eigenvalue weighted by molar-refractivity contribution is 7.19. The normalized spacial score (nSPS) is 22.3. The van der Waals surface area contributed by atoms with Crippen molar-refractivity contribution < 1.29 is 4.79 Å². The third-order valence-electron chi connectivity index (χ3n) is 4.68. The number of nitrogens with one attached hydrogen (secondary N) is 1. The number of carbonyl (C=O) groups excluding carboxylic acids is 1. The van der Waals surface area contributed by atoms with Gasteiger partial charge in [0.05, 0.1) is 5.39 Å². The van der Waals surface area contributed by atoms with E-state index in [9.17, 15) is 4.79 Å². The summed E-state index contributed by atoms with van der Waals surface area (Å²) >= 11 is 1.83. The van der Waals surface area contributed by atoms with Crippen molar-refractivity contribution in [3.8, 4) is 0 Å². The quantitative estimate of drug-likeness (QED) is 0.876. The first kappa shape index (κ1) is 13.9. The van der Waals surface area contributed by atoms with Crippen molar-refractivity contribution in [2.75, 3.05) is 24.5 Å². The monoisotopic (exact) mass is 316 g/mol. The molecule has 0 radical (unpaired) electrons. The SMILES string of the molecule is CC1CCc2c(sc3ncnc(N4CCNC(=O)CC4)c23)C1. The molecule has 2 aliphatic rings. The molecule has 3 heterocycles. The predicted octanol–water partition coefficient (Wildman–Crippen LogP) is 2.14. The van der Waals surface area contributed by atoms with Crippen LogP contribution in [0.15, 0.2) is 6.33 Å². The lowest BCUT2D eigenvalue weighted by Crippen LogP contribution is -2.29. The van der Waals surface area contributed by atoms with Gasteiger partial charge in [-0.25, -0.2) is 9.97 Å². The Kier molecular flexibility index (Phi) is 3.48. The molecule has 0 aromatic carbocycles. The van der Waals surface area contributed by atoms with Gasteiger partial charge >= 0.3 is 0 Å². The molecule has 1 unspecified atom stereocenters. The Morgan fingerprint density at radius 2 is 2.23 bits per heavy atom. The Bertz CT molecular complexity index is 726. The van der Waals surface area contributed by atoms with Crippen molar-refractivity contribution in [3.63, 3.8) is 0 Å². The number of aryl methyl sites for hydroxylation is 1. The molecule has 0 spiro atoms. The number of rotatable bonds is 1. The lowest BCUT2D eigenvalue weighted by molar-refractivity contribution is -0.120. The highest BCUT2D eigenvalue weighted by Crippen LogP contribution is 2.40. The molecule has 4 rings (SSSR count). The van der Waals surface area contributed by atoms with Gasteiger partial charge in [-0.3, -0.25) is 4.79 Å². The van der Waals surface area contributed by atoms with Crippen LogP contribution in [0.3, 0.4) is 0 Å². The number of amides is 1. The number of hydrogen-bond acceptors (Lipinski definition) is 5. The van der Waals surface area contributed by atoms with Gasteiger partial charge in [-0.1, -0.05) is 6.92 Å². The summed E-state index contributed by atoms with van der Waals surface area (Å²) < 4.78 is 0. The van der Waals surface area contributed by atoms with Crippen LogP contribution in [0.1, 0.15) is 30.2 Å². The van der Waals surface area contributed by atoms with Crippen molar-refractivity contribution in [3.05, 3.63) is 16.8 Å². The van der Waals surface area contributed by atoms with Gasteiger partial charge in [0.15, 0.2) is 0 Å². The second-order valence-electron chi connectivity index (χ2n) is 6.32. The zero-order valence-corrected chi connectivity index (χ0v) is 13.6. The molecule has 1 aliphatic carbocycles. The maximum Gasteiger partial charge on any atom is 0.221 e. The minimum atomic E-state index is 0.133. The number of carbonyl (C=O) groups is 1. The summed E-state index contributed by atoms with van der Waals surface area (Å²) in [5.41, 5.74) is 1.46. The summed E-state index contributed by atoms with van der Waals surface area (Å²) in [7, 11) is 0. The van der Waals surface area contributed by atoms with Crippen molar-refractivity contribution in [2.45, 2.75) is 32.6 Å². The van der Waals surface area contributed by atoms with Crippen LogP contribution >= 0.6 is 11.3 Å². The summed E-state index contributed by atoms with van der Waals surface area (Å²) in [4.78, 5) is 25.5. The van der Waals surface area contributed by atoms with Gasteiger partial charge in [0.1, 0.15) is 17.0 Å². The summed E-state index contributed by atoms with van der Waals surface area (Å²) in [6.07, 6.45) is 5.74. The van der Waals surface area contributed by atoms with Crippen LogP contribution in [0.5, 0.6) is 0 Å². The zero-order chi connectivity index (χ0) is 15.1.